The molecule has 5 aromatic heterocycles. The number of hydrogen-bond donors (Lipinski definition) is 0. The van der Waals surface area contributed by atoms with E-state index in [1.54, 1.807) is 24.8 Å². The summed E-state index contributed by atoms with van der Waals surface area (Å²) in [5.74, 6) is 4.35. The van der Waals surface area contributed by atoms with Crippen molar-refractivity contribution < 1.29 is 0 Å². The fraction of sp³-hybridized carbons (Fsp3) is 0.138. The quantitative estimate of drug-likeness (QED) is 0.267. The van der Waals surface area contributed by atoms with Crippen LogP contribution in [0, 0.1) is 27.7 Å². The van der Waals surface area contributed by atoms with E-state index in [4.69, 9.17) is 4.98 Å². The van der Waals surface area contributed by atoms with Gasteiger partial charge in [0.05, 0.1) is 0 Å². The third kappa shape index (κ3) is 4.90. The standard InChI is InChI=1S/C29H27N7/c1-20-8-12-30-26(16-20)35(27-17-21(2)9-13-31-27)24-6-5-7-25(34-24)36(28-18-22(3)10-14-32-28)29-19-23(4)11-15-33-29/h5-19H,1-4H3. The maximum absolute atomic E-state index is 5.09. The monoisotopic (exact) mass is 473 g/mol. The topological polar surface area (TPSA) is 70.9 Å². The van der Waals surface area contributed by atoms with Crippen molar-refractivity contribution in [3.8, 4) is 0 Å². The highest BCUT2D eigenvalue weighted by molar-refractivity contribution is 5.75. The van der Waals surface area contributed by atoms with Crippen LogP contribution in [0.2, 0.25) is 0 Å². The Labute approximate surface area is 211 Å². The number of hydrogen-bond acceptors (Lipinski definition) is 7. The van der Waals surface area contributed by atoms with Gasteiger partial charge in [-0.2, -0.15) is 0 Å². The molecule has 5 aromatic rings. The first-order chi connectivity index (χ1) is 17.5. The second kappa shape index (κ2) is 9.92. The van der Waals surface area contributed by atoms with Crippen molar-refractivity contribution in [1.29, 1.82) is 0 Å². The van der Waals surface area contributed by atoms with Gasteiger partial charge in [0.25, 0.3) is 0 Å². The Morgan fingerprint density at radius 2 is 0.722 bits per heavy atom. The molecule has 178 valence electrons. The van der Waals surface area contributed by atoms with Crippen LogP contribution in [-0.4, -0.2) is 24.9 Å². The van der Waals surface area contributed by atoms with Gasteiger partial charge in [-0.15, -0.1) is 0 Å². The summed E-state index contributed by atoms with van der Waals surface area (Å²) >= 11 is 0. The van der Waals surface area contributed by atoms with Gasteiger partial charge in [0.15, 0.2) is 0 Å². The van der Waals surface area contributed by atoms with Crippen LogP contribution in [0.5, 0.6) is 0 Å². The average molecular weight is 474 g/mol. The zero-order valence-electron chi connectivity index (χ0n) is 20.8. The van der Waals surface area contributed by atoms with Crippen LogP contribution >= 0.6 is 0 Å². The molecule has 0 radical (unpaired) electrons. The zero-order valence-corrected chi connectivity index (χ0v) is 20.8. The van der Waals surface area contributed by atoms with Crippen LogP contribution in [0.4, 0.5) is 34.9 Å². The molecule has 0 spiro atoms. The van der Waals surface area contributed by atoms with Gasteiger partial charge in [0.2, 0.25) is 0 Å². The molecule has 0 fully saturated rings. The van der Waals surface area contributed by atoms with Crippen LogP contribution in [0.1, 0.15) is 22.3 Å². The molecule has 0 unspecified atom stereocenters. The van der Waals surface area contributed by atoms with Crippen molar-refractivity contribution in [2.45, 2.75) is 27.7 Å². The molecule has 0 aliphatic carbocycles. The highest BCUT2D eigenvalue weighted by Crippen LogP contribution is 2.36. The van der Waals surface area contributed by atoms with Crippen LogP contribution in [-0.2, 0) is 0 Å². The number of nitrogens with zero attached hydrogens (tertiary/aromatic N) is 7. The summed E-state index contributed by atoms with van der Waals surface area (Å²) in [6.07, 6.45) is 7.21. The number of aromatic nitrogens is 5. The molecule has 36 heavy (non-hydrogen) atoms. The van der Waals surface area contributed by atoms with Crippen LogP contribution in [0.15, 0.2) is 91.5 Å². The average Bonchev–Trinajstić information content (AvgIpc) is 2.85. The summed E-state index contributed by atoms with van der Waals surface area (Å²) in [5.41, 5.74) is 4.40. The SMILES string of the molecule is Cc1ccnc(N(c2cc(C)ccn2)c2cccc(N(c3cc(C)ccn3)c3cc(C)ccn3)n2)c1. The first-order valence-corrected chi connectivity index (χ1v) is 11.8. The van der Waals surface area contributed by atoms with E-state index in [0.717, 1.165) is 45.5 Å². The normalized spacial score (nSPS) is 10.8. The molecule has 0 aromatic carbocycles. The highest BCUT2D eigenvalue weighted by Gasteiger charge is 2.21. The van der Waals surface area contributed by atoms with E-state index in [-0.39, 0.29) is 0 Å². The van der Waals surface area contributed by atoms with Gasteiger partial charge < -0.3 is 0 Å². The Balaban J connectivity index is 1.69. The van der Waals surface area contributed by atoms with Crippen LogP contribution in [0.3, 0.4) is 0 Å². The van der Waals surface area contributed by atoms with Crippen molar-refractivity contribution in [3.05, 3.63) is 114 Å². The Bertz CT molecular complexity index is 1310. The lowest BCUT2D eigenvalue weighted by Crippen LogP contribution is -2.18. The van der Waals surface area contributed by atoms with Crippen molar-refractivity contribution in [3.63, 3.8) is 0 Å². The molecule has 0 N–H and O–H groups in total. The van der Waals surface area contributed by atoms with Gasteiger partial charge in [-0.25, -0.2) is 24.9 Å². The van der Waals surface area contributed by atoms with E-state index >= 15 is 0 Å². The molecule has 0 saturated heterocycles. The summed E-state index contributed by atoms with van der Waals surface area (Å²) < 4.78 is 0. The summed E-state index contributed by atoms with van der Waals surface area (Å²) in [4.78, 5) is 27.6. The Morgan fingerprint density at radius 3 is 1.00 bits per heavy atom. The Kier molecular flexibility index (Phi) is 6.36. The van der Waals surface area contributed by atoms with E-state index < -0.39 is 0 Å². The van der Waals surface area contributed by atoms with Crippen LogP contribution < -0.4 is 9.80 Å². The predicted octanol–water partition coefficient (Wildman–Crippen LogP) is 6.83. The van der Waals surface area contributed by atoms with Gasteiger partial charge in [0, 0.05) is 24.8 Å². The van der Waals surface area contributed by atoms with Crippen LogP contribution in [0.25, 0.3) is 0 Å². The fourth-order valence-corrected chi connectivity index (χ4v) is 3.94. The van der Waals surface area contributed by atoms with Gasteiger partial charge in [0.1, 0.15) is 34.9 Å². The second-order valence-corrected chi connectivity index (χ2v) is 8.79. The minimum Gasteiger partial charge on any atom is -0.262 e. The maximum atomic E-state index is 5.09. The third-order valence-corrected chi connectivity index (χ3v) is 5.70. The van der Waals surface area contributed by atoms with Crippen molar-refractivity contribution in [2.75, 3.05) is 9.80 Å². The van der Waals surface area contributed by atoms with Crippen molar-refractivity contribution >= 4 is 34.9 Å². The largest absolute Gasteiger partial charge is 0.262 e. The zero-order chi connectivity index (χ0) is 25.1. The number of anilines is 6. The van der Waals surface area contributed by atoms with E-state index in [0.29, 0.717) is 11.6 Å². The second-order valence-electron chi connectivity index (χ2n) is 8.79. The first kappa shape index (κ1) is 23.1. The molecule has 5 heterocycles. The van der Waals surface area contributed by atoms with E-state index in [1.807, 2.05) is 104 Å². The summed E-state index contributed by atoms with van der Waals surface area (Å²) in [6.45, 7) is 8.19. The fourth-order valence-electron chi connectivity index (χ4n) is 3.94. The number of aryl methyl sites for hydroxylation is 4. The lowest BCUT2D eigenvalue weighted by Gasteiger charge is -2.26. The molecule has 5 rings (SSSR count). The predicted molar refractivity (Wildman–Crippen MR) is 144 cm³/mol. The first-order valence-electron chi connectivity index (χ1n) is 11.8. The number of rotatable bonds is 6. The smallest absolute Gasteiger partial charge is 0.142 e. The van der Waals surface area contributed by atoms with Gasteiger partial charge in [-0.05, 0) is 111 Å². The minimum absolute atomic E-state index is 0.689. The summed E-state index contributed by atoms with van der Waals surface area (Å²) in [6, 6.07) is 21.9. The van der Waals surface area contributed by atoms with Gasteiger partial charge >= 0.3 is 0 Å². The van der Waals surface area contributed by atoms with E-state index in [2.05, 4.69) is 19.9 Å². The molecule has 0 aliphatic rings. The van der Waals surface area contributed by atoms with E-state index in [1.165, 1.54) is 0 Å². The third-order valence-electron chi connectivity index (χ3n) is 5.70. The van der Waals surface area contributed by atoms with Crippen molar-refractivity contribution in [2.24, 2.45) is 0 Å². The molecule has 7 nitrogen and oxygen atoms in total. The molecular weight excluding hydrogens is 446 g/mol. The lowest BCUT2D eigenvalue weighted by molar-refractivity contribution is 1.04. The van der Waals surface area contributed by atoms with Crippen molar-refractivity contribution in [1.82, 2.24) is 24.9 Å². The summed E-state index contributed by atoms with van der Waals surface area (Å²) in [5, 5.41) is 0. The molecule has 7 heteroatoms. The maximum Gasteiger partial charge on any atom is 0.142 e. The van der Waals surface area contributed by atoms with Gasteiger partial charge in [-0.1, -0.05) is 6.07 Å². The molecule has 0 saturated carbocycles. The van der Waals surface area contributed by atoms with E-state index in [9.17, 15) is 0 Å². The lowest BCUT2D eigenvalue weighted by atomic mass is 10.2. The van der Waals surface area contributed by atoms with Gasteiger partial charge in [-0.3, -0.25) is 9.80 Å². The Hall–Kier alpha value is -4.65. The summed E-state index contributed by atoms with van der Waals surface area (Å²) in [7, 11) is 0. The molecule has 0 atom stereocenters. The number of pyridine rings is 5. The molecule has 0 aliphatic heterocycles. The highest BCUT2D eigenvalue weighted by atomic mass is 15.3. The molecule has 0 amide bonds. The Morgan fingerprint density at radius 1 is 0.417 bits per heavy atom. The minimum atomic E-state index is 0.689. The molecule has 0 bridgehead atoms. The molecular formula is C29H27N7.